The van der Waals surface area contributed by atoms with Gasteiger partial charge in [0.2, 0.25) is 0 Å². The minimum atomic E-state index is -0.595. The summed E-state index contributed by atoms with van der Waals surface area (Å²) in [6.07, 6.45) is 1.83. The van der Waals surface area contributed by atoms with Gasteiger partial charge in [0.25, 0.3) is 0 Å². The molecule has 1 heterocycles. The van der Waals surface area contributed by atoms with Gasteiger partial charge in [-0.05, 0) is 18.6 Å². The normalized spacial score (nSPS) is 28.5. The monoisotopic (exact) mass is 169 g/mol. The summed E-state index contributed by atoms with van der Waals surface area (Å²) in [5, 5.41) is 1.10. The van der Waals surface area contributed by atoms with Gasteiger partial charge in [-0.2, -0.15) is 0 Å². The maximum absolute atomic E-state index is 12.4. The minimum Gasteiger partial charge on any atom is -0.250 e. The van der Waals surface area contributed by atoms with Crippen LogP contribution in [0.3, 0.4) is 0 Å². The first-order valence-electron chi connectivity index (χ1n) is 3.58. The Bertz CT molecular complexity index is 239. The van der Waals surface area contributed by atoms with Crippen molar-refractivity contribution in [2.45, 2.75) is 22.9 Å². The highest BCUT2D eigenvalue weighted by Crippen LogP contribution is 2.40. The topological polar surface area (TPSA) is 12.9 Å². The van der Waals surface area contributed by atoms with Crippen LogP contribution in [0, 0.1) is 0 Å². The molecule has 0 unspecified atom stereocenters. The lowest BCUT2D eigenvalue weighted by atomic mass is 10.5. The minimum absolute atomic E-state index is 0.171. The molecule has 1 aromatic heterocycles. The quantitative estimate of drug-likeness (QED) is 0.673. The summed E-state index contributed by atoms with van der Waals surface area (Å²) in [6.45, 7) is 0. The summed E-state index contributed by atoms with van der Waals surface area (Å²) in [7, 11) is 0. The van der Waals surface area contributed by atoms with Crippen LogP contribution in [0.25, 0.3) is 0 Å². The van der Waals surface area contributed by atoms with Crippen LogP contribution in [0.4, 0.5) is 4.39 Å². The predicted molar refractivity (Wildman–Crippen MR) is 43.4 cm³/mol. The molecule has 0 spiro atoms. The maximum Gasteiger partial charge on any atom is 0.114 e. The number of aromatic nitrogens is 1. The lowest BCUT2D eigenvalue weighted by Gasteiger charge is -1.94. The second-order valence-corrected chi connectivity index (χ2v) is 3.84. The van der Waals surface area contributed by atoms with E-state index >= 15 is 0 Å². The average molecular weight is 169 g/mol. The second-order valence-electron chi connectivity index (χ2n) is 2.58. The van der Waals surface area contributed by atoms with Crippen molar-refractivity contribution in [3.63, 3.8) is 0 Å². The van der Waals surface area contributed by atoms with Gasteiger partial charge in [0, 0.05) is 11.4 Å². The molecule has 0 aromatic carbocycles. The number of pyridine rings is 1. The van der Waals surface area contributed by atoms with Crippen molar-refractivity contribution in [3.8, 4) is 0 Å². The van der Waals surface area contributed by atoms with Crippen LogP contribution < -0.4 is 0 Å². The molecule has 11 heavy (non-hydrogen) atoms. The highest BCUT2D eigenvalue weighted by molar-refractivity contribution is 8.00. The molecule has 0 amide bonds. The zero-order valence-electron chi connectivity index (χ0n) is 5.90. The number of hydrogen-bond acceptors (Lipinski definition) is 2. The Morgan fingerprint density at radius 2 is 2.36 bits per heavy atom. The molecule has 2 rings (SSSR count). The molecule has 3 heteroatoms. The van der Waals surface area contributed by atoms with E-state index in [1.807, 2.05) is 18.2 Å². The van der Waals surface area contributed by atoms with Crippen LogP contribution in [0.5, 0.6) is 0 Å². The Balaban J connectivity index is 1.97. The van der Waals surface area contributed by atoms with E-state index in [0.717, 1.165) is 5.03 Å². The smallest absolute Gasteiger partial charge is 0.114 e. The van der Waals surface area contributed by atoms with Gasteiger partial charge in [-0.1, -0.05) is 17.8 Å². The predicted octanol–water partition coefficient (Wildman–Crippen LogP) is 2.28. The molecule has 1 aromatic rings. The van der Waals surface area contributed by atoms with Crippen LogP contribution in [-0.4, -0.2) is 16.4 Å². The molecule has 0 radical (unpaired) electrons. The van der Waals surface area contributed by atoms with Crippen LogP contribution >= 0.6 is 11.8 Å². The van der Waals surface area contributed by atoms with Crippen molar-refractivity contribution in [2.24, 2.45) is 0 Å². The first-order chi connectivity index (χ1) is 5.36. The summed E-state index contributed by atoms with van der Waals surface area (Å²) in [5.74, 6) is 0. The van der Waals surface area contributed by atoms with Gasteiger partial charge in [-0.3, -0.25) is 0 Å². The van der Waals surface area contributed by atoms with Gasteiger partial charge in [0.15, 0.2) is 0 Å². The Kier molecular flexibility index (Phi) is 1.82. The largest absolute Gasteiger partial charge is 0.250 e. The zero-order valence-corrected chi connectivity index (χ0v) is 6.72. The third kappa shape index (κ3) is 1.71. The fourth-order valence-electron chi connectivity index (χ4n) is 0.837. The Morgan fingerprint density at radius 1 is 1.55 bits per heavy atom. The van der Waals surface area contributed by atoms with E-state index < -0.39 is 6.17 Å². The molecule has 0 aliphatic heterocycles. The maximum atomic E-state index is 12.4. The number of rotatable bonds is 2. The van der Waals surface area contributed by atoms with E-state index in [0.29, 0.717) is 6.42 Å². The van der Waals surface area contributed by atoms with Crippen LogP contribution in [0.2, 0.25) is 0 Å². The highest BCUT2D eigenvalue weighted by atomic mass is 32.2. The van der Waals surface area contributed by atoms with Crippen LogP contribution in [0.15, 0.2) is 29.4 Å². The molecular weight excluding hydrogens is 161 g/mol. The van der Waals surface area contributed by atoms with Gasteiger partial charge in [-0.25, -0.2) is 9.37 Å². The van der Waals surface area contributed by atoms with Gasteiger partial charge in [-0.15, -0.1) is 0 Å². The summed E-state index contributed by atoms with van der Waals surface area (Å²) >= 11 is 1.53. The van der Waals surface area contributed by atoms with Crippen molar-refractivity contribution in [1.82, 2.24) is 4.98 Å². The standard InChI is InChI=1S/C8H8FNS/c9-6-5-7(6)11-8-3-1-2-4-10-8/h1-4,6-7H,5H2/t6-,7-/m1/s1. The average Bonchev–Trinajstić information content (AvgIpc) is 2.69. The highest BCUT2D eigenvalue weighted by Gasteiger charge is 2.38. The molecule has 0 N–H and O–H groups in total. The van der Waals surface area contributed by atoms with E-state index in [9.17, 15) is 4.39 Å². The van der Waals surface area contributed by atoms with Crippen molar-refractivity contribution >= 4 is 11.8 Å². The van der Waals surface area contributed by atoms with Crippen molar-refractivity contribution in [1.29, 1.82) is 0 Å². The third-order valence-corrected chi connectivity index (χ3v) is 2.84. The molecule has 1 aliphatic rings. The van der Waals surface area contributed by atoms with Gasteiger partial charge >= 0.3 is 0 Å². The van der Waals surface area contributed by atoms with E-state index in [4.69, 9.17) is 0 Å². The fourth-order valence-corrected chi connectivity index (χ4v) is 1.85. The summed E-state index contributed by atoms with van der Waals surface area (Å²) in [5.41, 5.74) is 0. The summed E-state index contributed by atoms with van der Waals surface area (Å²) in [6, 6.07) is 5.70. The van der Waals surface area contributed by atoms with Gasteiger partial charge in [0.1, 0.15) is 6.17 Å². The fraction of sp³-hybridized carbons (Fsp3) is 0.375. The third-order valence-electron chi connectivity index (χ3n) is 1.57. The number of thioether (sulfide) groups is 1. The summed E-state index contributed by atoms with van der Waals surface area (Å²) in [4.78, 5) is 4.09. The van der Waals surface area contributed by atoms with E-state index in [1.165, 1.54) is 11.8 Å². The van der Waals surface area contributed by atoms with Gasteiger partial charge in [0.05, 0.1) is 5.03 Å². The number of nitrogens with zero attached hydrogens (tertiary/aromatic N) is 1. The molecule has 58 valence electrons. The van der Waals surface area contributed by atoms with E-state index in [1.54, 1.807) is 6.20 Å². The molecule has 1 nitrogen and oxygen atoms in total. The molecule has 0 bridgehead atoms. The molecular formula is C8H8FNS. The Morgan fingerprint density at radius 3 is 2.91 bits per heavy atom. The first-order valence-corrected chi connectivity index (χ1v) is 4.46. The van der Waals surface area contributed by atoms with Crippen LogP contribution in [0.1, 0.15) is 6.42 Å². The van der Waals surface area contributed by atoms with E-state index in [-0.39, 0.29) is 5.25 Å². The van der Waals surface area contributed by atoms with E-state index in [2.05, 4.69) is 4.98 Å². The number of hydrogen-bond donors (Lipinski definition) is 0. The van der Waals surface area contributed by atoms with Crippen molar-refractivity contribution in [2.75, 3.05) is 0 Å². The second kappa shape index (κ2) is 2.81. The molecule has 0 saturated heterocycles. The molecule has 2 atom stereocenters. The van der Waals surface area contributed by atoms with Crippen molar-refractivity contribution < 1.29 is 4.39 Å². The number of halogens is 1. The lowest BCUT2D eigenvalue weighted by molar-refractivity contribution is 0.482. The van der Waals surface area contributed by atoms with Crippen molar-refractivity contribution in [3.05, 3.63) is 24.4 Å². The van der Waals surface area contributed by atoms with Gasteiger partial charge < -0.3 is 0 Å². The molecule has 1 aliphatic carbocycles. The Hall–Kier alpha value is -0.570. The molecule has 1 saturated carbocycles. The number of alkyl halides is 1. The SMILES string of the molecule is F[C@@H]1C[C@H]1Sc1ccccn1. The Labute approximate surface area is 69.0 Å². The van der Waals surface area contributed by atoms with Crippen LogP contribution in [-0.2, 0) is 0 Å². The first kappa shape index (κ1) is 7.10. The lowest BCUT2D eigenvalue weighted by Crippen LogP contribution is -1.82. The molecule has 1 fully saturated rings. The zero-order chi connectivity index (χ0) is 7.68. The summed E-state index contributed by atoms with van der Waals surface area (Å²) < 4.78 is 12.4.